The summed E-state index contributed by atoms with van der Waals surface area (Å²) in [4.78, 5) is 16.8. The molecule has 2 aromatic carbocycles. The lowest BCUT2D eigenvalue weighted by Gasteiger charge is -2.29. The van der Waals surface area contributed by atoms with Crippen LogP contribution in [0.3, 0.4) is 0 Å². The molecule has 0 bridgehead atoms. The van der Waals surface area contributed by atoms with E-state index in [4.69, 9.17) is 28.0 Å². The zero-order valence-corrected chi connectivity index (χ0v) is 16.5. The molecule has 0 aromatic heterocycles. The number of rotatable bonds is 4. The second-order valence-corrected chi connectivity index (χ2v) is 7.27. The van der Waals surface area contributed by atoms with E-state index >= 15 is 0 Å². The third kappa shape index (κ3) is 3.92. The van der Waals surface area contributed by atoms with E-state index in [1.165, 1.54) is 31.3 Å². The number of benzene rings is 2. The number of aliphatic hydroxyl groups is 1. The molecule has 0 saturated carbocycles. The van der Waals surface area contributed by atoms with Crippen molar-refractivity contribution in [2.75, 3.05) is 7.05 Å². The number of alkyl halides is 3. The Morgan fingerprint density at radius 3 is 2.45 bits per heavy atom. The van der Waals surface area contributed by atoms with E-state index in [0.29, 0.717) is 5.56 Å². The van der Waals surface area contributed by atoms with Gasteiger partial charge in [0.05, 0.1) is 12.3 Å². The van der Waals surface area contributed by atoms with Gasteiger partial charge in [-0.05, 0) is 41.5 Å². The Hall–Kier alpha value is -2.29. The van der Waals surface area contributed by atoms with Crippen LogP contribution in [-0.4, -0.2) is 29.9 Å². The van der Waals surface area contributed by atoms with Gasteiger partial charge in [-0.3, -0.25) is 4.79 Å². The molecular formula is C19H15Cl2F3N2O3. The maximum Gasteiger partial charge on any atom is 0.435 e. The van der Waals surface area contributed by atoms with Crippen LogP contribution in [0.4, 0.5) is 13.2 Å². The quantitative estimate of drug-likeness (QED) is 0.729. The normalized spacial score (nSPS) is 18.9. The minimum atomic E-state index is -4.81. The van der Waals surface area contributed by atoms with Crippen LogP contribution in [0.15, 0.2) is 41.6 Å². The first-order valence-corrected chi connectivity index (χ1v) is 9.11. The monoisotopic (exact) mass is 446 g/mol. The van der Waals surface area contributed by atoms with Crippen LogP contribution >= 0.6 is 23.2 Å². The van der Waals surface area contributed by atoms with E-state index < -0.39 is 30.7 Å². The molecule has 29 heavy (non-hydrogen) atoms. The maximum absolute atomic E-state index is 14.0. The van der Waals surface area contributed by atoms with Gasteiger partial charge in [0.15, 0.2) is 0 Å². The minimum Gasteiger partial charge on any atom is -0.392 e. The summed E-state index contributed by atoms with van der Waals surface area (Å²) in [6.07, 6.45) is -5.44. The zero-order chi connectivity index (χ0) is 21.4. The molecule has 1 amide bonds. The van der Waals surface area contributed by atoms with Gasteiger partial charge < -0.3 is 15.3 Å². The molecule has 3 rings (SSSR count). The highest BCUT2D eigenvalue weighted by molar-refractivity contribution is 6.34. The summed E-state index contributed by atoms with van der Waals surface area (Å²) in [5, 5.41) is 15.7. The van der Waals surface area contributed by atoms with Crippen LogP contribution in [0.1, 0.15) is 33.5 Å². The molecule has 1 atom stereocenters. The highest BCUT2D eigenvalue weighted by Gasteiger charge is 2.62. The number of carbonyl (C=O) groups excluding carboxylic acids is 1. The van der Waals surface area contributed by atoms with E-state index in [1.54, 1.807) is 0 Å². The van der Waals surface area contributed by atoms with Gasteiger partial charge in [0.2, 0.25) is 0 Å². The van der Waals surface area contributed by atoms with Gasteiger partial charge in [0.25, 0.3) is 11.5 Å². The Kier molecular flexibility index (Phi) is 5.80. The second kappa shape index (κ2) is 7.85. The number of halogens is 5. The van der Waals surface area contributed by atoms with Crippen molar-refractivity contribution in [2.24, 2.45) is 5.16 Å². The predicted molar refractivity (Wildman–Crippen MR) is 102 cm³/mol. The molecule has 1 aliphatic rings. The van der Waals surface area contributed by atoms with Gasteiger partial charge in [-0.2, -0.15) is 13.2 Å². The molecule has 0 spiro atoms. The van der Waals surface area contributed by atoms with Crippen LogP contribution in [0, 0.1) is 0 Å². The molecule has 1 unspecified atom stereocenters. The number of aliphatic hydroxyl groups excluding tert-OH is 1. The van der Waals surface area contributed by atoms with Crippen LogP contribution in [-0.2, 0) is 17.0 Å². The highest BCUT2D eigenvalue weighted by atomic mass is 35.5. The molecule has 1 aliphatic heterocycles. The number of nitrogens with one attached hydrogen (secondary N) is 1. The molecular weight excluding hydrogens is 432 g/mol. The van der Waals surface area contributed by atoms with Gasteiger partial charge in [-0.15, -0.1) is 0 Å². The smallest absolute Gasteiger partial charge is 0.392 e. The zero-order valence-electron chi connectivity index (χ0n) is 15.0. The number of nitrogens with zero attached hydrogens (tertiary/aromatic N) is 1. The van der Waals surface area contributed by atoms with Gasteiger partial charge in [0.1, 0.15) is 0 Å². The molecule has 5 nitrogen and oxygen atoms in total. The summed E-state index contributed by atoms with van der Waals surface area (Å²) < 4.78 is 42.1. The molecule has 154 valence electrons. The Labute approximate surface area is 174 Å². The Morgan fingerprint density at radius 1 is 1.24 bits per heavy atom. The third-order valence-electron chi connectivity index (χ3n) is 4.60. The van der Waals surface area contributed by atoms with Crippen LogP contribution in [0.2, 0.25) is 10.0 Å². The predicted octanol–water partition coefficient (Wildman–Crippen LogP) is 4.43. The van der Waals surface area contributed by atoms with E-state index in [2.05, 4.69) is 10.5 Å². The van der Waals surface area contributed by atoms with Crippen LogP contribution in [0.25, 0.3) is 0 Å². The molecule has 0 saturated heterocycles. The van der Waals surface area contributed by atoms with Gasteiger partial charge in [-0.25, -0.2) is 0 Å². The number of hydrogen-bond donors (Lipinski definition) is 2. The number of amides is 1. The first kappa shape index (κ1) is 21.4. The van der Waals surface area contributed by atoms with Crippen molar-refractivity contribution < 1.29 is 27.9 Å². The second-order valence-electron chi connectivity index (χ2n) is 6.40. The number of hydrogen-bond acceptors (Lipinski definition) is 4. The minimum absolute atomic E-state index is 0.0107. The van der Waals surface area contributed by atoms with Crippen molar-refractivity contribution in [1.82, 2.24) is 5.32 Å². The van der Waals surface area contributed by atoms with E-state index in [0.717, 1.165) is 12.1 Å². The summed E-state index contributed by atoms with van der Waals surface area (Å²) in [5.41, 5.74) is -2.26. The SMILES string of the molecule is CNC(=O)c1ccc(C2=NOC(c3cc(Cl)cc(Cl)c3)(C(F)(F)F)C2)cc1CO. The van der Waals surface area contributed by atoms with Crippen molar-refractivity contribution in [3.63, 3.8) is 0 Å². The number of carbonyl (C=O) groups is 1. The summed E-state index contributed by atoms with van der Waals surface area (Å²) in [6, 6.07) is 7.85. The first-order chi connectivity index (χ1) is 13.6. The van der Waals surface area contributed by atoms with Crippen molar-refractivity contribution >= 4 is 34.8 Å². The lowest BCUT2D eigenvalue weighted by molar-refractivity contribution is -0.275. The molecule has 0 fully saturated rings. The standard InChI is InChI=1S/C19H15Cl2F3N2O3/c1-25-17(28)15-3-2-10(4-11(15)9-27)16-8-18(29-26-16,19(22,23)24)12-5-13(20)7-14(21)6-12/h2-7,27H,8-9H2,1H3,(H,25,28). The Morgan fingerprint density at radius 2 is 1.90 bits per heavy atom. The van der Waals surface area contributed by atoms with Crippen LogP contribution in [0.5, 0.6) is 0 Å². The van der Waals surface area contributed by atoms with Gasteiger partial charge >= 0.3 is 6.18 Å². The average Bonchev–Trinajstić information content (AvgIpc) is 3.13. The largest absolute Gasteiger partial charge is 0.435 e. The van der Waals surface area contributed by atoms with Gasteiger partial charge in [-0.1, -0.05) is 34.4 Å². The van der Waals surface area contributed by atoms with Crippen molar-refractivity contribution in [3.8, 4) is 0 Å². The molecule has 2 N–H and O–H groups in total. The Balaban J connectivity index is 2.02. The third-order valence-corrected chi connectivity index (χ3v) is 5.03. The van der Waals surface area contributed by atoms with E-state index in [9.17, 15) is 23.1 Å². The summed E-state index contributed by atoms with van der Waals surface area (Å²) >= 11 is 11.8. The maximum atomic E-state index is 14.0. The molecule has 0 radical (unpaired) electrons. The summed E-state index contributed by atoms with van der Waals surface area (Å²) in [5.74, 6) is -0.427. The number of oxime groups is 1. The lowest BCUT2D eigenvalue weighted by Crippen LogP contribution is -2.42. The van der Waals surface area contributed by atoms with Crippen molar-refractivity contribution in [1.29, 1.82) is 0 Å². The van der Waals surface area contributed by atoms with Crippen LogP contribution < -0.4 is 5.32 Å². The van der Waals surface area contributed by atoms with E-state index in [-0.39, 0.29) is 32.4 Å². The first-order valence-electron chi connectivity index (χ1n) is 8.36. The summed E-state index contributed by atoms with van der Waals surface area (Å²) in [6.45, 7) is -0.473. The molecule has 1 heterocycles. The van der Waals surface area contributed by atoms with Crippen molar-refractivity contribution in [2.45, 2.75) is 24.8 Å². The average molecular weight is 447 g/mol. The summed E-state index contributed by atoms with van der Waals surface area (Å²) in [7, 11) is 1.43. The molecule has 0 aliphatic carbocycles. The Bertz CT molecular complexity index is 975. The fourth-order valence-corrected chi connectivity index (χ4v) is 3.63. The van der Waals surface area contributed by atoms with Gasteiger partial charge in [0, 0.05) is 34.6 Å². The fraction of sp³-hybridized carbons (Fsp3) is 0.263. The molecule has 10 heteroatoms. The highest BCUT2D eigenvalue weighted by Crippen LogP contribution is 2.49. The van der Waals surface area contributed by atoms with Crippen molar-refractivity contribution in [3.05, 3.63) is 68.7 Å². The van der Waals surface area contributed by atoms with E-state index in [1.807, 2.05) is 0 Å². The molecule has 2 aromatic rings. The lowest BCUT2D eigenvalue weighted by atomic mass is 9.86. The topological polar surface area (TPSA) is 70.9 Å². The fourth-order valence-electron chi connectivity index (χ4n) is 3.11.